The lowest BCUT2D eigenvalue weighted by Crippen LogP contribution is -2.24. The zero-order valence-electron chi connectivity index (χ0n) is 9.55. The van der Waals surface area contributed by atoms with E-state index >= 15 is 0 Å². The summed E-state index contributed by atoms with van der Waals surface area (Å²) in [6, 6.07) is 12.3. The zero-order chi connectivity index (χ0) is 12.8. The molecule has 18 heavy (non-hydrogen) atoms. The fraction of sp³-hybridized carbons (Fsp3) is 0.0714. The standard InChI is InChI=1S/C14H11NO3/c16-10-12(11-5-2-1-3-6-11)9-15-14(17)13-7-4-8-18-13/h1-8H,9H2,(H,15,17). The van der Waals surface area contributed by atoms with E-state index in [1.165, 1.54) is 6.26 Å². The highest BCUT2D eigenvalue weighted by molar-refractivity contribution is 5.95. The number of carbonyl (C=O) groups is 1. The van der Waals surface area contributed by atoms with Gasteiger partial charge in [-0.05, 0) is 17.7 Å². The van der Waals surface area contributed by atoms with Crippen molar-refractivity contribution in [2.75, 3.05) is 6.54 Å². The average Bonchev–Trinajstić information content (AvgIpc) is 2.94. The highest BCUT2D eigenvalue weighted by Crippen LogP contribution is 2.09. The van der Waals surface area contributed by atoms with Crippen LogP contribution in [-0.4, -0.2) is 18.4 Å². The second kappa shape index (κ2) is 5.66. The molecule has 0 bridgehead atoms. The van der Waals surface area contributed by atoms with Gasteiger partial charge in [0.25, 0.3) is 5.91 Å². The van der Waals surface area contributed by atoms with Crippen molar-refractivity contribution in [3.8, 4) is 0 Å². The van der Waals surface area contributed by atoms with Crippen LogP contribution in [0.2, 0.25) is 0 Å². The molecule has 0 saturated carbocycles. The first-order chi connectivity index (χ1) is 8.81. The van der Waals surface area contributed by atoms with Crippen LogP contribution in [0.4, 0.5) is 0 Å². The van der Waals surface area contributed by atoms with E-state index in [2.05, 4.69) is 5.32 Å². The first-order valence-corrected chi connectivity index (χ1v) is 5.42. The minimum absolute atomic E-state index is 0.118. The minimum atomic E-state index is -0.358. The Kier molecular flexibility index (Phi) is 3.74. The van der Waals surface area contributed by atoms with Crippen LogP contribution in [0.3, 0.4) is 0 Å². The van der Waals surface area contributed by atoms with Gasteiger partial charge >= 0.3 is 0 Å². The van der Waals surface area contributed by atoms with Gasteiger partial charge in [0.2, 0.25) is 0 Å². The van der Waals surface area contributed by atoms with E-state index < -0.39 is 0 Å². The number of hydrogen-bond donors (Lipinski definition) is 1. The van der Waals surface area contributed by atoms with Crippen molar-refractivity contribution in [2.24, 2.45) is 0 Å². The smallest absolute Gasteiger partial charge is 0.287 e. The first kappa shape index (κ1) is 11.9. The molecule has 1 aromatic heterocycles. The Morgan fingerprint density at radius 3 is 2.56 bits per heavy atom. The predicted molar refractivity (Wildman–Crippen MR) is 66.6 cm³/mol. The molecule has 0 aliphatic rings. The summed E-state index contributed by atoms with van der Waals surface area (Å²) in [5.74, 6) is 1.70. The van der Waals surface area contributed by atoms with E-state index in [1.54, 1.807) is 24.3 Å². The highest BCUT2D eigenvalue weighted by Gasteiger charge is 2.09. The van der Waals surface area contributed by atoms with E-state index in [4.69, 9.17) is 4.42 Å². The van der Waals surface area contributed by atoms with Gasteiger partial charge in [0.1, 0.15) is 5.94 Å². The van der Waals surface area contributed by atoms with Gasteiger partial charge in [0.15, 0.2) is 5.76 Å². The topological polar surface area (TPSA) is 59.3 Å². The molecule has 4 heteroatoms. The van der Waals surface area contributed by atoms with Crippen LogP contribution in [0, 0.1) is 0 Å². The van der Waals surface area contributed by atoms with Crippen LogP contribution in [0.5, 0.6) is 0 Å². The molecule has 1 heterocycles. The fourth-order valence-electron chi connectivity index (χ4n) is 1.50. The van der Waals surface area contributed by atoms with E-state index in [-0.39, 0.29) is 18.2 Å². The van der Waals surface area contributed by atoms with Crippen molar-refractivity contribution in [1.82, 2.24) is 5.32 Å². The molecular weight excluding hydrogens is 230 g/mol. The Balaban J connectivity index is 2.01. The Bertz CT molecular complexity index is 566. The van der Waals surface area contributed by atoms with Gasteiger partial charge in [0.05, 0.1) is 18.4 Å². The summed E-state index contributed by atoms with van der Waals surface area (Å²) in [5.41, 5.74) is 1.14. The normalized spacial score (nSPS) is 9.56. The molecule has 0 aliphatic carbocycles. The van der Waals surface area contributed by atoms with Crippen LogP contribution in [0.1, 0.15) is 16.1 Å². The maximum Gasteiger partial charge on any atom is 0.287 e. The first-order valence-electron chi connectivity index (χ1n) is 5.42. The lowest BCUT2D eigenvalue weighted by atomic mass is 10.1. The van der Waals surface area contributed by atoms with Gasteiger partial charge in [-0.15, -0.1) is 0 Å². The van der Waals surface area contributed by atoms with Crippen molar-refractivity contribution in [1.29, 1.82) is 0 Å². The van der Waals surface area contributed by atoms with Gasteiger partial charge in [-0.25, -0.2) is 4.79 Å². The minimum Gasteiger partial charge on any atom is -0.459 e. The number of hydrogen-bond acceptors (Lipinski definition) is 3. The van der Waals surface area contributed by atoms with Crippen LogP contribution >= 0.6 is 0 Å². The Morgan fingerprint density at radius 1 is 1.17 bits per heavy atom. The van der Waals surface area contributed by atoms with Crippen molar-refractivity contribution in [3.05, 3.63) is 60.1 Å². The second-order valence-corrected chi connectivity index (χ2v) is 3.61. The molecule has 1 amide bonds. The second-order valence-electron chi connectivity index (χ2n) is 3.61. The van der Waals surface area contributed by atoms with Gasteiger partial charge in [-0.2, -0.15) is 0 Å². The summed E-state index contributed by atoms with van der Waals surface area (Å²) in [7, 11) is 0. The van der Waals surface area contributed by atoms with Crippen LogP contribution in [0.25, 0.3) is 5.57 Å². The van der Waals surface area contributed by atoms with Crippen molar-refractivity contribution in [3.63, 3.8) is 0 Å². The summed E-state index contributed by atoms with van der Waals surface area (Å²) in [4.78, 5) is 22.5. The van der Waals surface area contributed by atoms with Crippen LogP contribution in [-0.2, 0) is 4.79 Å². The molecule has 0 radical (unpaired) electrons. The van der Waals surface area contributed by atoms with Gasteiger partial charge in [-0.3, -0.25) is 4.79 Å². The lowest BCUT2D eigenvalue weighted by Gasteiger charge is -2.04. The Morgan fingerprint density at radius 2 is 1.94 bits per heavy atom. The van der Waals surface area contributed by atoms with Gasteiger partial charge in [0, 0.05) is 0 Å². The Labute approximate surface area is 104 Å². The third-order valence-electron chi connectivity index (χ3n) is 2.42. The summed E-state index contributed by atoms with van der Waals surface area (Å²) in [5, 5.41) is 2.60. The van der Waals surface area contributed by atoms with Gasteiger partial charge in [-0.1, -0.05) is 30.3 Å². The summed E-state index contributed by atoms with van der Waals surface area (Å²) < 4.78 is 4.95. The maximum absolute atomic E-state index is 11.6. The van der Waals surface area contributed by atoms with E-state index in [1.807, 2.05) is 24.1 Å². The molecule has 4 nitrogen and oxygen atoms in total. The fourth-order valence-corrected chi connectivity index (χ4v) is 1.50. The molecule has 1 N–H and O–H groups in total. The van der Waals surface area contributed by atoms with E-state index in [0.29, 0.717) is 5.57 Å². The number of amides is 1. The molecule has 2 aromatic rings. The molecule has 90 valence electrons. The molecule has 0 aliphatic heterocycles. The third kappa shape index (κ3) is 2.75. The molecule has 1 aromatic carbocycles. The molecule has 0 atom stereocenters. The number of carbonyl (C=O) groups excluding carboxylic acids is 2. The van der Waals surface area contributed by atoms with Crippen LogP contribution < -0.4 is 5.32 Å². The Hall–Kier alpha value is -2.58. The molecule has 0 spiro atoms. The zero-order valence-corrected chi connectivity index (χ0v) is 9.55. The summed E-state index contributed by atoms with van der Waals surface area (Å²) in [6.45, 7) is 0.118. The van der Waals surface area contributed by atoms with Crippen molar-refractivity contribution in [2.45, 2.75) is 0 Å². The highest BCUT2D eigenvalue weighted by atomic mass is 16.3. The quantitative estimate of drug-likeness (QED) is 0.832. The van der Waals surface area contributed by atoms with Crippen molar-refractivity contribution < 1.29 is 14.0 Å². The molecule has 0 saturated heterocycles. The SMILES string of the molecule is O=C=C(CNC(=O)c1ccco1)c1ccccc1. The van der Waals surface area contributed by atoms with Crippen LogP contribution in [0.15, 0.2) is 53.1 Å². The van der Waals surface area contributed by atoms with E-state index in [0.717, 1.165) is 5.56 Å². The molecule has 2 rings (SSSR count). The predicted octanol–water partition coefficient (Wildman–Crippen LogP) is 1.92. The van der Waals surface area contributed by atoms with Gasteiger partial charge < -0.3 is 9.73 Å². The maximum atomic E-state index is 11.6. The molecular formula is C14H11NO3. The largest absolute Gasteiger partial charge is 0.459 e. The summed E-state index contributed by atoms with van der Waals surface area (Å²) in [6.07, 6.45) is 1.42. The van der Waals surface area contributed by atoms with E-state index in [9.17, 15) is 9.59 Å². The van der Waals surface area contributed by atoms with Crippen molar-refractivity contribution >= 4 is 17.4 Å². The number of rotatable bonds is 4. The molecule has 0 unspecified atom stereocenters. The molecule has 0 fully saturated rings. The average molecular weight is 241 g/mol. The third-order valence-corrected chi connectivity index (χ3v) is 2.42. The summed E-state index contributed by atoms with van der Waals surface area (Å²) >= 11 is 0. The number of benzene rings is 1. The monoisotopic (exact) mass is 241 g/mol. The number of furan rings is 1. The lowest BCUT2D eigenvalue weighted by molar-refractivity contribution is 0.0931. The number of nitrogens with one attached hydrogen (secondary N) is 1.